The molecule has 0 saturated carbocycles. The summed E-state index contributed by atoms with van der Waals surface area (Å²) in [5.74, 6) is 0.899. The molecule has 0 amide bonds. The van der Waals surface area contributed by atoms with Crippen molar-refractivity contribution in [2.45, 2.75) is 12.5 Å². The molecule has 2 heterocycles. The third-order valence-electron chi connectivity index (χ3n) is 5.88. The minimum Gasteiger partial charge on any atom is -0.497 e. The fourth-order valence-corrected chi connectivity index (χ4v) is 4.21. The molecule has 0 spiro atoms. The molecule has 29 heavy (non-hydrogen) atoms. The molecule has 4 rings (SSSR count). The minimum absolute atomic E-state index is 0.189. The van der Waals surface area contributed by atoms with Crippen LogP contribution in [0.15, 0.2) is 66.9 Å². The Morgan fingerprint density at radius 3 is 2.45 bits per heavy atom. The standard InChI is InChI=1S/C24H30N4O/c1-26-23(11-13-25-26)24(21-9-6-10-22(19-21)29-2)28-17-15-27(16-18-28)14-12-20-7-4-3-5-8-20/h3-11,13,19,24H,12,14-18H2,1-2H3. The van der Waals surface area contributed by atoms with Crippen LogP contribution in [0, 0.1) is 0 Å². The highest BCUT2D eigenvalue weighted by atomic mass is 16.5. The van der Waals surface area contributed by atoms with E-state index in [0.29, 0.717) is 0 Å². The van der Waals surface area contributed by atoms with Crippen molar-refractivity contribution in [2.24, 2.45) is 7.05 Å². The van der Waals surface area contributed by atoms with Gasteiger partial charge in [-0.3, -0.25) is 9.58 Å². The molecule has 5 heteroatoms. The molecule has 0 radical (unpaired) electrons. The van der Waals surface area contributed by atoms with Crippen LogP contribution in [0.5, 0.6) is 5.75 Å². The maximum Gasteiger partial charge on any atom is 0.119 e. The average Bonchev–Trinajstić information content (AvgIpc) is 3.20. The third-order valence-corrected chi connectivity index (χ3v) is 5.88. The van der Waals surface area contributed by atoms with Crippen LogP contribution in [0.25, 0.3) is 0 Å². The van der Waals surface area contributed by atoms with Gasteiger partial charge in [0, 0.05) is 46.0 Å². The van der Waals surface area contributed by atoms with E-state index in [4.69, 9.17) is 4.74 Å². The second-order valence-electron chi connectivity index (χ2n) is 7.67. The summed E-state index contributed by atoms with van der Waals surface area (Å²) in [5.41, 5.74) is 3.89. The van der Waals surface area contributed by atoms with Crippen molar-refractivity contribution < 1.29 is 4.74 Å². The summed E-state index contributed by atoms with van der Waals surface area (Å²) in [4.78, 5) is 5.15. The van der Waals surface area contributed by atoms with Gasteiger partial charge in [-0.25, -0.2) is 0 Å². The summed E-state index contributed by atoms with van der Waals surface area (Å²) in [5, 5.41) is 4.43. The predicted octanol–water partition coefficient (Wildman–Crippen LogP) is 3.38. The van der Waals surface area contributed by atoms with Gasteiger partial charge >= 0.3 is 0 Å². The zero-order valence-electron chi connectivity index (χ0n) is 17.4. The van der Waals surface area contributed by atoms with Crippen LogP contribution in [-0.4, -0.2) is 59.4 Å². The van der Waals surface area contributed by atoms with Gasteiger partial charge in [-0.2, -0.15) is 5.10 Å². The largest absolute Gasteiger partial charge is 0.497 e. The molecule has 1 unspecified atom stereocenters. The molecule has 1 fully saturated rings. The lowest BCUT2D eigenvalue weighted by Crippen LogP contribution is -2.48. The molecule has 1 aliphatic rings. The smallest absolute Gasteiger partial charge is 0.119 e. The molecule has 2 aromatic carbocycles. The molecular weight excluding hydrogens is 360 g/mol. The number of nitrogens with zero attached hydrogens (tertiary/aromatic N) is 4. The number of aromatic nitrogens is 2. The monoisotopic (exact) mass is 390 g/mol. The summed E-state index contributed by atoms with van der Waals surface area (Å²) in [6.45, 7) is 5.38. The van der Waals surface area contributed by atoms with Gasteiger partial charge in [0.15, 0.2) is 0 Å². The van der Waals surface area contributed by atoms with E-state index in [2.05, 4.69) is 69.5 Å². The molecule has 1 aromatic heterocycles. The van der Waals surface area contributed by atoms with Crippen LogP contribution in [0.3, 0.4) is 0 Å². The summed E-state index contributed by atoms with van der Waals surface area (Å²) < 4.78 is 7.47. The zero-order valence-corrected chi connectivity index (χ0v) is 17.4. The molecule has 3 aromatic rings. The van der Waals surface area contributed by atoms with E-state index < -0.39 is 0 Å². The van der Waals surface area contributed by atoms with E-state index in [9.17, 15) is 0 Å². The van der Waals surface area contributed by atoms with E-state index >= 15 is 0 Å². The molecule has 1 saturated heterocycles. The lowest BCUT2D eigenvalue weighted by molar-refractivity contribution is 0.107. The van der Waals surface area contributed by atoms with Crippen molar-refractivity contribution in [3.05, 3.63) is 83.7 Å². The van der Waals surface area contributed by atoms with Gasteiger partial charge in [0.05, 0.1) is 18.8 Å². The molecule has 0 bridgehead atoms. The number of ether oxygens (including phenoxy) is 1. The van der Waals surface area contributed by atoms with E-state index in [-0.39, 0.29) is 6.04 Å². The van der Waals surface area contributed by atoms with Crippen LogP contribution in [-0.2, 0) is 13.5 Å². The number of benzene rings is 2. The number of hydrogen-bond donors (Lipinski definition) is 0. The fourth-order valence-electron chi connectivity index (χ4n) is 4.21. The second kappa shape index (κ2) is 9.25. The number of rotatable bonds is 7. The highest BCUT2D eigenvalue weighted by Crippen LogP contribution is 2.31. The first-order valence-corrected chi connectivity index (χ1v) is 10.4. The van der Waals surface area contributed by atoms with Crippen molar-refractivity contribution in [1.82, 2.24) is 19.6 Å². The predicted molar refractivity (Wildman–Crippen MR) is 116 cm³/mol. The maximum absolute atomic E-state index is 5.48. The number of piperazine rings is 1. The zero-order chi connectivity index (χ0) is 20.1. The molecule has 0 aliphatic carbocycles. The van der Waals surface area contributed by atoms with Crippen molar-refractivity contribution >= 4 is 0 Å². The summed E-state index contributed by atoms with van der Waals surface area (Å²) in [7, 11) is 3.75. The Bertz CT molecular complexity index is 900. The molecule has 5 nitrogen and oxygen atoms in total. The van der Waals surface area contributed by atoms with E-state index in [1.165, 1.54) is 16.8 Å². The van der Waals surface area contributed by atoms with Gasteiger partial charge in [0.2, 0.25) is 0 Å². The van der Waals surface area contributed by atoms with Crippen LogP contribution >= 0.6 is 0 Å². The van der Waals surface area contributed by atoms with Gasteiger partial charge in [0.1, 0.15) is 5.75 Å². The Kier molecular flexibility index (Phi) is 6.27. The van der Waals surface area contributed by atoms with Gasteiger partial charge in [-0.05, 0) is 35.7 Å². The quantitative estimate of drug-likeness (QED) is 0.619. The Morgan fingerprint density at radius 2 is 1.76 bits per heavy atom. The van der Waals surface area contributed by atoms with Crippen LogP contribution in [0.2, 0.25) is 0 Å². The lowest BCUT2D eigenvalue weighted by atomic mass is 10.0. The van der Waals surface area contributed by atoms with Gasteiger partial charge < -0.3 is 9.64 Å². The van der Waals surface area contributed by atoms with Crippen molar-refractivity contribution in [3.8, 4) is 5.75 Å². The molecule has 152 valence electrons. The SMILES string of the molecule is COc1cccc(C(c2ccnn2C)N2CCN(CCc3ccccc3)CC2)c1. The summed E-state index contributed by atoms with van der Waals surface area (Å²) in [6, 6.07) is 21.5. The fraction of sp³-hybridized carbons (Fsp3) is 0.375. The normalized spacial score (nSPS) is 16.6. The van der Waals surface area contributed by atoms with Gasteiger partial charge in [0.25, 0.3) is 0 Å². The van der Waals surface area contributed by atoms with Crippen LogP contribution in [0.4, 0.5) is 0 Å². The average molecular weight is 391 g/mol. The van der Waals surface area contributed by atoms with Gasteiger partial charge in [-0.1, -0.05) is 42.5 Å². The molecule has 1 atom stereocenters. The Labute approximate surface area is 173 Å². The number of methoxy groups -OCH3 is 1. The maximum atomic E-state index is 5.48. The third kappa shape index (κ3) is 4.69. The highest BCUT2D eigenvalue weighted by Gasteiger charge is 2.28. The number of aryl methyl sites for hydroxylation is 1. The minimum atomic E-state index is 0.189. The van der Waals surface area contributed by atoms with Crippen LogP contribution in [0.1, 0.15) is 22.9 Å². The first-order valence-electron chi connectivity index (χ1n) is 10.4. The van der Waals surface area contributed by atoms with Crippen LogP contribution < -0.4 is 4.74 Å². The van der Waals surface area contributed by atoms with Crippen molar-refractivity contribution in [2.75, 3.05) is 39.8 Å². The Balaban J connectivity index is 1.46. The summed E-state index contributed by atoms with van der Waals surface area (Å²) >= 11 is 0. The Morgan fingerprint density at radius 1 is 0.966 bits per heavy atom. The van der Waals surface area contributed by atoms with Crippen molar-refractivity contribution in [1.29, 1.82) is 0 Å². The molecule has 1 aliphatic heterocycles. The van der Waals surface area contributed by atoms with E-state index in [0.717, 1.165) is 44.9 Å². The lowest BCUT2D eigenvalue weighted by Gasteiger charge is -2.39. The summed E-state index contributed by atoms with van der Waals surface area (Å²) in [6.07, 6.45) is 3.00. The Hall–Kier alpha value is -2.63. The van der Waals surface area contributed by atoms with E-state index in [1.54, 1.807) is 7.11 Å². The van der Waals surface area contributed by atoms with Gasteiger partial charge in [-0.15, -0.1) is 0 Å². The van der Waals surface area contributed by atoms with E-state index in [1.807, 2.05) is 24.0 Å². The topological polar surface area (TPSA) is 33.5 Å². The second-order valence-corrected chi connectivity index (χ2v) is 7.67. The molecular formula is C24H30N4O. The molecule has 0 N–H and O–H groups in total. The number of hydrogen-bond acceptors (Lipinski definition) is 4. The van der Waals surface area contributed by atoms with Crippen molar-refractivity contribution in [3.63, 3.8) is 0 Å². The first-order chi connectivity index (χ1) is 14.2. The highest BCUT2D eigenvalue weighted by molar-refractivity contribution is 5.35. The first kappa shape index (κ1) is 19.7.